The van der Waals surface area contributed by atoms with Gasteiger partial charge < -0.3 is 10.2 Å². The summed E-state index contributed by atoms with van der Waals surface area (Å²) >= 11 is 0. The maximum Gasteiger partial charge on any atom is 0.274 e. The van der Waals surface area contributed by atoms with Gasteiger partial charge in [0.1, 0.15) is 5.69 Å². The highest BCUT2D eigenvalue weighted by Gasteiger charge is 2.24. The van der Waals surface area contributed by atoms with Gasteiger partial charge in [0.15, 0.2) is 0 Å². The zero-order valence-electron chi connectivity index (χ0n) is 17.8. The average Bonchev–Trinajstić information content (AvgIpc) is 2.70. The van der Waals surface area contributed by atoms with Crippen LogP contribution < -0.4 is 10.2 Å². The predicted molar refractivity (Wildman–Crippen MR) is 117 cm³/mol. The van der Waals surface area contributed by atoms with E-state index >= 15 is 0 Å². The first-order valence-electron chi connectivity index (χ1n) is 9.92. The number of nitrogens with zero attached hydrogens (tertiary/aromatic N) is 3. The number of hydrogen-bond acceptors (Lipinski definition) is 5. The number of benzene rings is 1. The summed E-state index contributed by atoms with van der Waals surface area (Å²) < 4.78 is 27.3. The van der Waals surface area contributed by atoms with Gasteiger partial charge in [-0.1, -0.05) is 19.9 Å². The minimum Gasteiger partial charge on any atom is -0.370 e. The van der Waals surface area contributed by atoms with Crippen molar-refractivity contribution < 1.29 is 13.2 Å². The Kier molecular flexibility index (Phi) is 7.75. The van der Waals surface area contributed by atoms with Crippen LogP contribution in [0.1, 0.15) is 43.9 Å². The van der Waals surface area contributed by atoms with E-state index in [-0.39, 0.29) is 16.5 Å². The summed E-state index contributed by atoms with van der Waals surface area (Å²) in [5.41, 5.74) is 2.25. The fraction of sp³-hybridized carbons (Fsp3) is 0.429. The summed E-state index contributed by atoms with van der Waals surface area (Å²) in [6.07, 6.45) is 0. The summed E-state index contributed by atoms with van der Waals surface area (Å²) in [4.78, 5) is 19.3. The summed E-state index contributed by atoms with van der Waals surface area (Å²) in [6, 6.07) is 10.1. The van der Waals surface area contributed by atoms with E-state index in [9.17, 15) is 13.2 Å². The molecular weight excluding hydrogens is 388 g/mol. The van der Waals surface area contributed by atoms with E-state index in [2.05, 4.69) is 15.2 Å². The van der Waals surface area contributed by atoms with Crippen molar-refractivity contribution in [3.63, 3.8) is 0 Å². The first-order chi connectivity index (χ1) is 13.8. The van der Waals surface area contributed by atoms with E-state index in [1.807, 2.05) is 26.8 Å². The molecule has 1 aromatic heterocycles. The summed E-state index contributed by atoms with van der Waals surface area (Å²) in [5.74, 6) is -0.375. The van der Waals surface area contributed by atoms with Crippen molar-refractivity contribution in [3.05, 3.63) is 47.8 Å². The average molecular weight is 419 g/mol. The Morgan fingerprint density at radius 3 is 2.21 bits per heavy atom. The molecule has 1 aromatic carbocycles. The van der Waals surface area contributed by atoms with Gasteiger partial charge in [-0.15, -0.1) is 0 Å². The zero-order valence-corrected chi connectivity index (χ0v) is 18.6. The van der Waals surface area contributed by atoms with Crippen molar-refractivity contribution in [1.29, 1.82) is 0 Å². The third-order valence-electron chi connectivity index (χ3n) is 4.78. The fourth-order valence-electron chi connectivity index (χ4n) is 3.18. The second-order valence-electron chi connectivity index (χ2n) is 6.56. The molecule has 0 atom stereocenters. The van der Waals surface area contributed by atoms with Crippen LogP contribution in [0.3, 0.4) is 0 Å². The largest absolute Gasteiger partial charge is 0.370 e. The highest BCUT2D eigenvalue weighted by atomic mass is 32.2. The lowest BCUT2D eigenvalue weighted by molar-refractivity contribution is 0.102. The van der Waals surface area contributed by atoms with Crippen molar-refractivity contribution >= 4 is 27.3 Å². The van der Waals surface area contributed by atoms with Gasteiger partial charge in [-0.25, -0.2) is 13.4 Å². The Balaban J connectivity index is 2.52. The zero-order chi connectivity index (χ0) is 21.6. The standard InChI is InChI=1S/C21H30N4O3S/c1-6-24(7-2)20-14-13-17(29(27,28)25(8-3)9-4)15-19(20)23-21(26)18-12-10-11-16(5)22-18/h10-15H,6-9H2,1-5H3,(H,23,26). The molecule has 0 aliphatic carbocycles. The second kappa shape index (κ2) is 9.84. The predicted octanol–water partition coefficient (Wildman–Crippen LogP) is 3.52. The van der Waals surface area contributed by atoms with Crippen molar-refractivity contribution in [3.8, 4) is 0 Å². The minimum absolute atomic E-state index is 0.157. The van der Waals surface area contributed by atoms with Gasteiger partial charge in [-0.3, -0.25) is 4.79 Å². The normalized spacial score (nSPS) is 11.5. The third-order valence-corrected chi connectivity index (χ3v) is 6.83. The Hall–Kier alpha value is -2.45. The molecule has 0 unspecified atom stereocenters. The number of pyridine rings is 1. The highest BCUT2D eigenvalue weighted by Crippen LogP contribution is 2.30. The van der Waals surface area contributed by atoms with E-state index in [1.165, 1.54) is 10.4 Å². The lowest BCUT2D eigenvalue weighted by Crippen LogP contribution is -2.31. The number of aromatic nitrogens is 1. The molecule has 158 valence electrons. The van der Waals surface area contributed by atoms with E-state index in [0.29, 0.717) is 18.8 Å². The molecule has 0 saturated carbocycles. The number of anilines is 2. The lowest BCUT2D eigenvalue weighted by Gasteiger charge is -2.25. The van der Waals surface area contributed by atoms with Crippen molar-refractivity contribution in [2.45, 2.75) is 39.5 Å². The van der Waals surface area contributed by atoms with E-state index < -0.39 is 10.0 Å². The first-order valence-corrected chi connectivity index (χ1v) is 11.4. The molecule has 2 rings (SSSR count). The maximum atomic E-state index is 13.0. The lowest BCUT2D eigenvalue weighted by atomic mass is 10.2. The van der Waals surface area contributed by atoms with Crippen LogP contribution in [0.25, 0.3) is 0 Å². The Morgan fingerprint density at radius 2 is 1.66 bits per heavy atom. The van der Waals surface area contributed by atoms with Gasteiger partial charge in [0.05, 0.1) is 16.3 Å². The van der Waals surface area contributed by atoms with Crippen molar-refractivity contribution in [2.24, 2.45) is 0 Å². The first kappa shape index (κ1) is 22.8. The van der Waals surface area contributed by atoms with E-state index in [0.717, 1.165) is 24.5 Å². The molecule has 29 heavy (non-hydrogen) atoms. The second-order valence-corrected chi connectivity index (χ2v) is 8.50. The van der Waals surface area contributed by atoms with Crippen LogP contribution in [0.2, 0.25) is 0 Å². The highest BCUT2D eigenvalue weighted by molar-refractivity contribution is 7.89. The Morgan fingerprint density at radius 1 is 1.00 bits per heavy atom. The molecule has 0 saturated heterocycles. The molecule has 0 aliphatic rings. The van der Waals surface area contributed by atoms with Crippen molar-refractivity contribution in [2.75, 3.05) is 36.4 Å². The monoisotopic (exact) mass is 418 g/mol. The molecule has 1 heterocycles. The van der Waals surface area contributed by atoms with Crippen molar-refractivity contribution in [1.82, 2.24) is 9.29 Å². The molecule has 1 amide bonds. The van der Waals surface area contributed by atoms with E-state index in [1.54, 1.807) is 38.1 Å². The maximum absolute atomic E-state index is 13.0. The molecule has 8 heteroatoms. The Labute approximate surface area is 173 Å². The van der Waals surface area contributed by atoms with Crippen LogP contribution in [0.5, 0.6) is 0 Å². The minimum atomic E-state index is -3.64. The number of hydrogen-bond donors (Lipinski definition) is 1. The summed E-state index contributed by atoms with van der Waals surface area (Å²) in [7, 11) is -3.64. The SMILES string of the molecule is CCN(CC)c1ccc(S(=O)(=O)N(CC)CC)cc1NC(=O)c1cccc(C)n1. The van der Waals surface area contributed by atoms with Crippen LogP contribution in [0.4, 0.5) is 11.4 Å². The van der Waals surface area contributed by atoms with Gasteiger partial charge in [0.2, 0.25) is 10.0 Å². The van der Waals surface area contributed by atoms with E-state index in [4.69, 9.17) is 0 Å². The molecule has 0 bridgehead atoms. The molecule has 7 nitrogen and oxygen atoms in total. The van der Waals surface area contributed by atoms with Gasteiger partial charge in [0.25, 0.3) is 5.91 Å². The van der Waals surface area contributed by atoms with Crippen LogP contribution >= 0.6 is 0 Å². The van der Waals surface area contributed by atoms with Gasteiger partial charge in [-0.2, -0.15) is 4.31 Å². The van der Waals surface area contributed by atoms with Gasteiger partial charge >= 0.3 is 0 Å². The number of nitrogens with one attached hydrogen (secondary N) is 1. The number of sulfonamides is 1. The summed E-state index contributed by atoms with van der Waals surface area (Å²) in [5, 5.41) is 2.86. The molecule has 0 aliphatic heterocycles. The molecule has 1 N–H and O–H groups in total. The summed E-state index contributed by atoms with van der Waals surface area (Å²) in [6.45, 7) is 11.7. The number of amides is 1. The third kappa shape index (κ3) is 5.13. The number of rotatable bonds is 9. The molecule has 0 radical (unpaired) electrons. The molecule has 0 spiro atoms. The van der Waals surface area contributed by atoms with Gasteiger partial charge in [-0.05, 0) is 51.1 Å². The van der Waals surface area contributed by atoms with Gasteiger partial charge in [0, 0.05) is 31.9 Å². The quantitative estimate of drug-likeness (QED) is 0.674. The topological polar surface area (TPSA) is 82.6 Å². The molecular formula is C21H30N4O3S. The molecule has 2 aromatic rings. The Bertz CT molecular complexity index is 952. The number of aryl methyl sites for hydroxylation is 1. The fourth-order valence-corrected chi connectivity index (χ4v) is 4.67. The number of carbonyl (C=O) groups is 1. The van der Waals surface area contributed by atoms with Crippen LogP contribution in [0.15, 0.2) is 41.3 Å². The van der Waals surface area contributed by atoms with Crippen LogP contribution in [-0.2, 0) is 10.0 Å². The van der Waals surface area contributed by atoms with Crippen LogP contribution in [-0.4, -0.2) is 49.8 Å². The molecule has 0 fully saturated rings. The van der Waals surface area contributed by atoms with Crippen LogP contribution in [0, 0.1) is 6.92 Å². The smallest absolute Gasteiger partial charge is 0.274 e. The number of carbonyl (C=O) groups excluding carboxylic acids is 1.